The highest BCUT2D eigenvalue weighted by Crippen LogP contribution is 2.27. The van der Waals surface area contributed by atoms with Crippen LogP contribution in [0.5, 0.6) is 0 Å². The molecule has 0 bridgehead atoms. The Hall–Kier alpha value is -2.27. The van der Waals surface area contributed by atoms with Gasteiger partial charge in [-0.15, -0.1) is 0 Å². The molecular formula is C19H21N3OS. The van der Waals surface area contributed by atoms with E-state index in [9.17, 15) is 4.79 Å². The lowest BCUT2D eigenvalue weighted by Crippen LogP contribution is -2.22. The zero-order chi connectivity index (χ0) is 17.1. The molecule has 24 heavy (non-hydrogen) atoms. The minimum Gasteiger partial charge on any atom is -0.325 e. The maximum atomic E-state index is 12.4. The summed E-state index contributed by atoms with van der Waals surface area (Å²) in [6, 6.07) is 15.9. The standard InChI is InChI=1S/C19H21N3OS/c1-4-22-17-8-6-5-7-16(17)21-19(22)24-14(3)18(23)20-15-11-9-13(2)10-12-15/h5-12,14H,4H2,1-3H3,(H,20,23)/t14-/m1/s1. The first-order valence-corrected chi connectivity index (χ1v) is 8.96. The summed E-state index contributed by atoms with van der Waals surface area (Å²) >= 11 is 1.49. The number of nitrogens with one attached hydrogen (secondary N) is 1. The van der Waals surface area contributed by atoms with Crippen LogP contribution in [0.15, 0.2) is 53.7 Å². The maximum Gasteiger partial charge on any atom is 0.237 e. The van der Waals surface area contributed by atoms with E-state index in [0.29, 0.717) is 0 Å². The summed E-state index contributed by atoms with van der Waals surface area (Å²) in [4.78, 5) is 17.1. The number of amides is 1. The van der Waals surface area contributed by atoms with Gasteiger partial charge < -0.3 is 9.88 Å². The molecule has 0 saturated carbocycles. The molecule has 2 aromatic carbocycles. The molecule has 1 N–H and O–H groups in total. The number of anilines is 1. The van der Waals surface area contributed by atoms with E-state index in [-0.39, 0.29) is 11.2 Å². The van der Waals surface area contributed by atoms with E-state index in [0.717, 1.165) is 28.4 Å². The number of aromatic nitrogens is 2. The Morgan fingerprint density at radius 2 is 1.92 bits per heavy atom. The lowest BCUT2D eigenvalue weighted by molar-refractivity contribution is -0.115. The molecule has 5 heteroatoms. The summed E-state index contributed by atoms with van der Waals surface area (Å²) < 4.78 is 2.15. The summed E-state index contributed by atoms with van der Waals surface area (Å²) in [5.41, 5.74) is 4.07. The van der Waals surface area contributed by atoms with E-state index >= 15 is 0 Å². The van der Waals surface area contributed by atoms with Crippen molar-refractivity contribution in [1.29, 1.82) is 0 Å². The zero-order valence-electron chi connectivity index (χ0n) is 14.1. The number of benzene rings is 2. The van der Waals surface area contributed by atoms with Crippen LogP contribution < -0.4 is 5.32 Å². The average Bonchev–Trinajstić information content (AvgIpc) is 2.93. The van der Waals surface area contributed by atoms with Crippen LogP contribution in [0.2, 0.25) is 0 Å². The Kier molecular flexibility index (Phi) is 4.90. The van der Waals surface area contributed by atoms with Crippen LogP contribution in [0.25, 0.3) is 11.0 Å². The highest BCUT2D eigenvalue weighted by Gasteiger charge is 2.19. The second kappa shape index (κ2) is 7.09. The molecule has 3 rings (SSSR count). The Labute approximate surface area is 146 Å². The first kappa shape index (κ1) is 16.6. The molecule has 1 atom stereocenters. The molecule has 124 valence electrons. The fraction of sp³-hybridized carbons (Fsp3) is 0.263. The third-order valence-corrected chi connectivity index (χ3v) is 5.00. The molecule has 1 heterocycles. The van der Waals surface area contributed by atoms with Gasteiger partial charge in [0.2, 0.25) is 5.91 Å². The van der Waals surface area contributed by atoms with E-state index in [1.807, 2.05) is 56.3 Å². The van der Waals surface area contributed by atoms with Gasteiger partial charge in [-0.05, 0) is 45.0 Å². The van der Waals surface area contributed by atoms with Crippen LogP contribution in [0.4, 0.5) is 5.69 Å². The summed E-state index contributed by atoms with van der Waals surface area (Å²) in [7, 11) is 0. The lowest BCUT2D eigenvalue weighted by atomic mass is 10.2. The molecule has 0 fully saturated rings. The molecule has 0 spiro atoms. The van der Waals surface area contributed by atoms with Gasteiger partial charge in [0.15, 0.2) is 5.16 Å². The fourth-order valence-electron chi connectivity index (χ4n) is 2.54. The van der Waals surface area contributed by atoms with E-state index in [1.54, 1.807) is 0 Å². The number of hydrogen-bond acceptors (Lipinski definition) is 3. The van der Waals surface area contributed by atoms with E-state index in [1.165, 1.54) is 17.3 Å². The Bertz CT molecular complexity index is 855. The summed E-state index contributed by atoms with van der Waals surface area (Å²) in [5.74, 6) is -0.0152. The van der Waals surface area contributed by atoms with Crippen molar-refractivity contribution >= 4 is 34.4 Å². The van der Waals surface area contributed by atoms with Crippen molar-refractivity contribution in [3.63, 3.8) is 0 Å². The number of carbonyl (C=O) groups excluding carboxylic acids is 1. The van der Waals surface area contributed by atoms with Gasteiger partial charge in [-0.3, -0.25) is 4.79 Å². The van der Waals surface area contributed by atoms with Crippen LogP contribution in [-0.4, -0.2) is 20.7 Å². The predicted molar refractivity (Wildman–Crippen MR) is 101 cm³/mol. The van der Waals surface area contributed by atoms with Crippen molar-refractivity contribution in [2.45, 2.75) is 37.7 Å². The van der Waals surface area contributed by atoms with Crippen molar-refractivity contribution in [1.82, 2.24) is 9.55 Å². The zero-order valence-corrected chi connectivity index (χ0v) is 14.9. The fourth-order valence-corrected chi connectivity index (χ4v) is 3.53. The average molecular weight is 339 g/mol. The van der Waals surface area contributed by atoms with Crippen LogP contribution in [0.3, 0.4) is 0 Å². The lowest BCUT2D eigenvalue weighted by Gasteiger charge is -2.12. The topological polar surface area (TPSA) is 46.9 Å². The molecule has 0 aliphatic rings. The number of hydrogen-bond donors (Lipinski definition) is 1. The third kappa shape index (κ3) is 3.46. The first-order valence-electron chi connectivity index (χ1n) is 8.08. The third-order valence-electron chi connectivity index (χ3n) is 3.91. The molecule has 1 aromatic heterocycles. The van der Waals surface area contributed by atoms with E-state index in [4.69, 9.17) is 0 Å². The maximum absolute atomic E-state index is 12.4. The molecule has 4 nitrogen and oxygen atoms in total. The number of para-hydroxylation sites is 2. The van der Waals surface area contributed by atoms with E-state index in [2.05, 4.69) is 27.9 Å². The minimum atomic E-state index is -0.228. The molecule has 0 aliphatic carbocycles. The van der Waals surface area contributed by atoms with Gasteiger partial charge in [0, 0.05) is 12.2 Å². The SMILES string of the molecule is CCn1c(S[C@H](C)C(=O)Nc2ccc(C)cc2)nc2ccccc21. The van der Waals surface area contributed by atoms with Crippen LogP contribution in [0.1, 0.15) is 19.4 Å². The smallest absolute Gasteiger partial charge is 0.237 e. The summed E-state index contributed by atoms with van der Waals surface area (Å²) in [5, 5.41) is 3.62. The van der Waals surface area contributed by atoms with Gasteiger partial charge in [-0.2, -0.15) is 0 Å². The van der Waals surface area contributed by atoms with E-state index < -0.39 is 0 Å². The molecular weight excluding hydrogens is 318 g/mol. The van der Waals surface area contributed by atoms with Crippen molar-refractivity contribution in [2.24, 2.45) is 0 Å². The number of aryl methyl sites for hydroxylation is 2. The number of rotatable bonds is 5. The van der Waals surface area contributed by atoms with Crippen LogP contribution in [0, 0.1) is 6.92 Å². The molecule has 0 unspecified atom stereocenters. The normalized spacial score (nSPS) is 12.3. The number of imidazole rings is 1. The summed E-state index contributed by atoms with van der Waals surface area (Å²) in [6.07, 6.45) is 0. The highest BCUT2D eigenvalue weighted by atomic mass is 32.2. The van der Waals surface area contributed by atoms with Crippen molar-refractivity contribution in [3.8, 4) is 0 Å². The van der Waals surface area contributed by atoms with Crippen LogP contribution in [-0.2, 0) is 11.3 Å². The van der Waals surface area contributed by atoms with Gasteiger partial charge in [0.1, 0.15) is 0 Å². The van der Waals surface area contributed by atoms with Gasteiger partial charge >= 0.3 is 0 Å². The molecule has 3 aromatic rings. The van der Waals surface area contributed by atoms with Crippen LogP contribution >= 0.6 is 11.8 Å². The summed E-state index contributed by atoms with van der Waals surface area (Å²) in [6.45, 7) is 6.86. The Balaban J connectivity index is 1.75. The van der Waals surface area contributed by atoms with Gasteiger partial charge in [0.05, 0.1) is 16.3 Å². The number of nitrogens with zero attached hydrogens (tertiary/aromatic N) is 2. The Morgan fingerprint density at radius 3 is 2.62 bits per heavy atom. The van der Waals surface area contributed by atoms with Gasteiger partial charge in [-0.25, -0.2) is 4.98 Å². The van der Waals surface area contributed by atoms with Crippen molar-refractivity contribution in [2.75, 3.05) is 5.32 Å². The predicted octanol–water partition coefficient (Wildman–Crippen LogP) is 4.48. The molecule has 0 radical (unpaired) electrons. The molecule has 0 saturated heterocycles. The van der Waals surface area contributed by atoms with Crippen molar-refractivity contribution < 1.29 is 4.79 Å². The molecule has 1 amide bonds. The number of carbonyl (C=O) groups is 1. The van der Waals surface area contributed by atoms with Gasteiger partial charge in [0.25, 0.3) is 0 Å². The quantitative estimate of drug-likeness (QED) is 0.697. The largest absolute Gasteiger partial charge is 0.325 e. The monoisotopic (exact) mass is 339 g/mol. The van der Waals surface area contributed by atoms with Gasteiger partial charge in [-0.1, -0.05) is 41.6 Å². The molecule has 0 aliphatic heterocycles. The number of thioether (sulfide) groups is 1. The van der Waals surface area contributed by atoms with Crippen molar-refractivity contribution in [3.05, 3.63) is 54.1 Å². The number of fused-ring (bicyclic) bond motifs is 1. The first-order chi connectivity index (χ1) is 11.6. The second-order valence-corrected chi connectivity index (χ2v) is 7.05. The minimum absolute atomic E-state index is 0.0152. The highest BCUT2D eigenvalue weighted by molar-refractivity contribution is 8.00. The second-order valence-electron chi connectivity index (χ2n) is 5.74. The Morgan fingerprint density at radius 1 is 1.21 bits per heavy atom.